The van der Waals surface area contributed by atoms with Crippen molar-refractivity contribution in [2.45, 2.75) is 13.5 Å². The summed E-state index contributed by atoms with van der Waals surface area (Å²) in [6, 6.07) is 6.04. The molecule has 1 N–H and O–H groups in total. The fourth-order valence-electron chi connectivity index (χ4n) is 2.41. The summed E-state index contributed by atoms with van der Waals surface area (Å²) in [5, 5.41) is 4.00. The number of nitrogens with one attached hydrogen (secondary N) is 1. The molecule has 0 saturated carbocycles. The minimum atomic E-state index is -3.08. The summed E-state index contributed by atoms with van der Waals surface area (Å²) in [7, 11) is -3.08. The van der Waals surface area contributed by atoms with Gasteiger partial charge in [-0.25, -0.2) is 8.42 Å². The van der Waals surface area contributed by atoms with Crippen molar-refractivity contribution in [3.05, 3.63) is 28.8 Å². The Morgan fingerprint density at radius 3 is 2.43 bits per heavy atom. The van der Waals surface area contributed by atoms with Crippen molar-refractivity contribution >= 4 is 27.3 Å². The summed E-state index contributed by atoms with van der Waals surface area (Å²) >= 11 is 6.31. The largest absolute Gasteiger partial charge is 0.369 e. The first-order chi connectivity index (χ1) is 9.91. The van der Waals surface area contributed by atoms with Gasteiger partial charge in [0.1, 0.15) is 0 Å². The maximum atomic E-state index is 11.5. The topological polar surface area (TPSA) is 52.6 Å². The van der Waals surface area contributed by atoms with E-state index in [4.69, 9.17) is 11.6 Å². The van der Waals surface area contributed by atoms with Crippen molar-refractivity contribution in [1.82, 2.24) is 9.62 Å². The number of sulfonamides is 1. The van der Waals surface area contributed by atoms with Crippen LogP contribution in [0.4, 0.5) is 5.69 Å². The monoisotopic (exact) mass is 331 g/mol. The van der Waals surface area contributed by atoms with E-state index in [9.17, 15) is 8.42 Å². The number of anilines is 1. The molecule has 0 spiro atoms. The third kappa shape index (κ3) is 4.32. The van der Waals surface area contributed by atoms with Crippen molar-refractivity contribution in [1.29, 1.82) is 0 Å². The van der Waals surface area contributed by atoms with Gasteiger partial charge in [-0.05, 0) is 24.2 Å². The molecule has 0 radical (unpaired) electrons. The zero-order valence-electron chi connectivity index (χ0n) is 12.5. The van der Waals surface area contributed by atoms with Crippen LogP contribution < -0.4 is 10.2 Å². The smallest absolute Gasteiger partial charge is 0.211 e. The molecule has 2 rings (SSSR count). The van der Waals surface area contributed by atoms with Crippen LogP contribution in [0.5, 0.6) is 0 Å². The van der Waals surface area contributed by atoms with Crippen molar-refractivity contribution < 1.29 is 8.42 Å². The van der Waals surface area contributed by atoms with Crippen LogP contribution in [0.3, 0.4) is 0 Å². The van der Waals surface area contributed by atoms with Crippen LogP contribution in [0.25, 0.3) is 0 Å². The number of hydrogen-bond donors (Lipinski definition) is 1. The van der Waals surface area contributed by atoms with E-state index >= 15 is 0 Å². The zero-order valence-corrected chi connectivity index (χ0v) is 14.0. The zero-order chi connectivity index (χ0) is 15.5. The van der Waals surface area contributed by atoms with E-state index in [2.05, 4.69) is 23.2 Å². The lowest BCUT2D eigenvalue weighted by molar-refractivity contribution is 0.388. The van der Waals surface area contributed by atoms with E-state index in [0.717, 1.165) is 29.4 Å². The number of hydrogen-bond acceptors (Lipinski definition) is 4. The Morgan fingerprint density at radius 1 is 1.24 bits per heavy atom. The van der Waals surface area contributed by atoms with Crippen LogP contribution in [-0.2, 0) is 16.6 Å². The number of benzene rings is 1. The molecule has 0 atom stereocenters. The van der Waals surface area contributed by atoms with Crippen LogP contribution >= 0.6 is 11.6 Å². The second-order valence-corrected chi connectivity index (χ2v) is 7.59. The van der Waals surface area contributed by atoms with E-state index in [1.807, 2.05) is 12.1 Å². The number of halogens is 1. The highest BCUT2D eigenvalue weighted by molar-refractivity contribution is 7.88. The molecule has 1 heterocycles. The van der Waals surface area contributed by atoms with Gasteiger partial charge in [-0.1, -0.05) is 24.6 Å². The van der Waals surface area contributed by atoms with Gasteiger partial charge in [-0.15, -0.1) is 0 Å². The molecule has 1 saturated heterocycles. The number of piperazine rings is 1. The summed E-state index contributed by atoms with van der Waals surface area (Å²) < 4.78 is 24.5. The van der Waals surface area contributed by atoms with Crippen molar-refractivity contribution in [3.8, 4) is 0 Å². The molecule has 118 valence electrons. The molecule has 1 aliphatic heterocycles. The molecule has 1 aliphatic rings. The molecule has 0 amide bonds. The fourth-order valence-corrected chi connectivity index (χ4v) is 3.48. The van der Waals surface area contributed by atoms with Gasteiger partial charge in [0.15, 0.2) is 0 Å². The molecule has 21 heavy (non-hydrogen) atoms. The Labute approximate surface area is 131 Å². The summed E-state index contributed by atoms with van der Waals surface area (Å²) in [4.78, 5) is 2.17. The minimum absolute atomic E-state index is 0.523. The van der Waals surface area contributed by atoms with Gasteiger partial charge < -0.3 is 10.2 Å². The molecule has 0 bridgehead atoms. The molecule has 1 fully saturated rings. The van der Waals surface area contributed by atoms with Crippen molar-refractivity contribution in [2.75, 3.05) is 43.9 Å². The Morgan fingerprint density at radius 2 is 1.90 bits per heavy atom. The van der Waals surface area contributed by atoms with Crippen molar-refractivity contribution in [3.63, 3.8) is 0 Å². The number of rotatable bonds is 5. The summed E-state index contributed by atoms with van der Waals surface area (Å²) in [6.07, 6.45) is 1.26. The first-order valence-corrected chi connectivity index (χ1v) is 9.33. The Kier molecular flexibility index (Phi) is 5.48. The molecule has 7 heteroatoms. The Hall–Kier alpha value is -0.820. The van der Waals surface area contributed by atoms with Crippen LogP contribution in [0.15, 0.2) is 18.2 Å². The standard InChI is InChI=1S/C14H22ClN3O2S/c1-3-16-11-12-4-5-13(10-14(12)15)17-6-8-18(9-7-17)21(2,19)20/h4-5,10,16H,3,6-9,11H2,1-2H3. The van der Waals surface area contributed by atoms with E-state index in [1.165, 1.54) is 10.6 Å². The van der Waals surface area contributed by atoms with Gasteiger partial charge in [0.05, 0.1) is 6.26 Å². The second kappa shape index (κ2) is 6.96. The first kappa shape index (κ1) is 16.5. The van der Waals surface area contributed by atoms with E-state index in [-0.39, 0.29) is 0 Å². The molecular weight excluding hydrogens is 310 g/mol. The first-order valence-electron chi connectivity index (χ1n) is 7.11. The van der Waals surface area contributed by atoms with Gasteiger partial charge in [-0.3, -0.25) is 0 Å². The third-order valence-corrected chi connectivity index (χ3v) is 5.33. The van der Waals surface area contributed by atoms with Gasteiger partial charge in [-0.2, -0.15) is 4.31 Å². The highest BCUT2D eigenvalue weighted by atomic mass is 35.5. The summed E-state index contributed by atoms with van der Waals surface area (Å²) in [5.41, 5.74) is 2.13. The lowest BCUT2D eigenvalue weighted by atomic mass is 10.1. The molecule has 1 aromatic rings. The second-order valence-electron chi connectivity index (χ2n) is 5.21. The quantitative estimate of drug-likeness (QED) is 0.889. The van der Waals surface area contributed by atoms with E-state index in [1.54, 1.807) is 0 Å². The van der Waals surface area contributed by atoms with Crippen LogP contribution in [0.2, 0.25) is 5.02 Å². The molecule has 5 nitrogen and oxygen atoms in total. The highest BCUT2D eigenvalue weighted by Gasteiger charge is 2.23. The molecule has 0 aliphatic carbocycles. The Balaban J connectivity index is 2.02. The van der Waals surface area contributed by atoms with Crippen LogP contribution in [-0.4, -0.2) is 51.7 Å². The third-order valence-electron chi connectivity index (χ3n) is 3.67. The average molecular weight is 332 g/mol. The normalized spacial score (nSPS) is 17.2. The van der Waals surface area contributed by atoms with Crippen LogP contribution in [0, 0.1) is 0 Å². The maximum Gasteiger partial charge on any atom is 0.211 e. The highest BCUT2D eigenvalue weighted by Crippen LogP contribution is 2.25. The lowest BCUT2D eigenvalue weighted by Crippen LogP contribution is -2.48. The van der Waals surface area contributed by atoms with Gasteiger partial charge >= 0.3 is 0 Å². The SMILES string of the molecule is CCNCc1ccc(N2CCN(S(C)(=O)=O)CC2)cc1Cl. The lowest BCUT2D eigenvalue weighted by Gasteiger charge is -2.34. The fraction of sp³-hybridized carbons (Fsp3) is 0.571. The predicted molar refractivity (Wildman–Crippen MR) is 87.5 cm³/mol. The predicted octanol–water partition coefficient (Wildman–Crippen LogP) is 1.53. The van der Waals surface area contributed by atoms with Gasteiger partial charge in [0.25, 0.3) is 0 Å². The van der Waals surface area contributed by atoms with Crippen molar-refractivity contribution in [2.24, 2.45) is 0 Å². The average Bonchev–Trinajstić information content (AvgIpc) is 2.45. The van der Waals surface area contributed by atoms with Gasteiger partial charge in [0, 0.05) is 43.4 Å². The minimum Gasteiger partial charge on any atom is -0.369 e. The molecule has 0 aromatic heterocycles. The Bertz CT molecular complexity index is 584. The van der Waals surface area contributed by atoms with E-state index < -0.39 is 10.0 Å². The summed E-state index contributed by atoms with van der Waals surface area (Å²) in [6.45, 7) is 6.16. The maximum absolute atomic E-state index is 11.5. The van der Waals surface area contributed by atoms with Crippen LogP contribution in [0.1, 0.15) is 12.5 Å². The molecular formula is C14H22ClN3O2S. The number of nitrogens with zero attached hydrogens (tertiary/aromatic N) is 2. The molecule has 0 unspecified atom stereocenters. The molecule has 1 aromatic carbocycles. The summed E-state index contributed by atoms with van der Waals surface area (Å²) in [5.74, 6) is 0. The van der Waals surface area contributed by atoms with Gasteiger partial charge in [0.2, 0.25) is 10.0 Å². The van der Waals surface area contributed by atoms with E-state index in [0.29, 0.717) is 26.2 Å².